The van der Waals surface area contributed by atoms with Crippen LogP contribution in [-0.4, -0.2) is 30.4 Å². The lowest BCUT2D eigenvalue weighted by atomic mass is 9.71. The monoisotopic (exact) mass is 502 g/mol. The Labute approximate surface area is 156 Å². The number of alkyl halides is 14. The first kappa shape index (κ1) is 24.8. The zero-order valence-corrected chi connectivity index (χ0v) is 14.6. The summed E-state index contributed by atoms with van der Waals surface area (Å²) in [6, 6.07) is 2.76. The predicted octanol–water partition coefficient (Wildman–Crippen LogP) is 7.07. The SMILES string of the molecule is FC(F)(F)C(F)(F)C(F)(F)C(Cc1ccc(CBr)cc1)(C(F)(F)F)C(F)(F)F. The highest BCUT2D eigenvalue weighted by atomic mass is 79.9. The van der Waals surface area contributed by atoms with Crippen LogP contribution in [0.3, 0.4) is 0 Å². The van der Waals surface area contributed by atoms with Gasteiger partial charge in [-0.15, -0.1) is 0 Å². The molecule has 1 aromatic rings. The van der Waals surface area contributed by atoms with E-state index in [9.17, 15) is 57.1 Å². The third kappa shape index (κ3) is 3.80. The van der Waals surface area contributed by atoms with Crippen molar-refractivity contribution in [1.82, 2.24) is 0 Å². The normalized spacial score (nSPS) is 15.1. The molecule has 0 unspecified atom stereocenters. The van der Waals surface area contributed by atoms with Crippen LogP contribution in [0.1, 0.15) is 11.1 Å². The molecule has 0 aliphatic rings. The fourth-order valence-electron chi connectivity index (χ4n) is 2.33. The molecule has 0 fully saturated rings. The van der Waals surface area contributed by atoms with E-state index in [1.807, 2.05) is 0 Å². The fourth-order valence-corrected chi connectivity index (χ4v) is 2.70. The van der Waals surface area contributed by atoms with Crippen LogP contribution in [0.2, 0.25) is 0 Å². The number of benzene rings is 1. The molecule has 0 aliphatic heterocycles. The molecule has 0 nitrogen and oxygen atoms in total. The van der Waals surface area contributed by atoms with E-state index in [1.165, 1.54) is 0 Å². The Balaban J connectivity index is 3.81. The summed E-state index contributed by atoms with van der Waals surface area (Å²) in [5, 5.41) is 0.0548. The smallest absolute Gasteiger partial charge is 0.198 e. The van der Waals surface area contributed by atoms with Gasteiger partial charge in [-0.25, -0.2) is 0 Å². The van der Waals surface area contributed by atoms with Crippen molar-refractivity contribution in [3.63, 3.8) is 0 Å². The van der Waals surface area contributed by atoms with Gasteiger partial charge in [-0.1, -0.05) is 40.2 Å². The summed E-state index contributed by atoms with van der Waals surface area (Å²) >= 11 is 2.88. The molecule has 0 bridgehead atoms. The second-order valence-corrected chi connectivity index (χ2v) is 6.24. The maximum absolute atomic E-state index is 13.9. The Hall–Kier alpha value is -1.21. The van der Waals surface area contributed by atoms with Crippen LogP contribution in [-0.2, 0) is 11.8 Å². The van der Waals surface area contributed by atoms with Crippen molar-refractivity contribution in [2.45, 2.75) is 42.1 Å². The van der Waals surface area contributed by atoms with Gasteiger partial charge in [0.05, 0.1) is 0 Å². The van der Waals surface area contributed by atoms with Gasteiger partial charge in [-0.3, -0.25) is 0 Å². The first-order valence-electron chi connectivity index (χ1n) is 6.86. The molecular weight excluding hydrogens is 495 g/mol. The minimum atomic E-state index is -7.62. The lowest BCUT2D eigenvalue weighted by molar-refractivity contribution is -0.460. The van der Waals surface area contributed by atoms with Crippen LogP contribution in [0.25, 0.3) is 0 Å². The predicted molar refractivity (Wildman–Crippen MR) is 73.3 cm³/mol. The van der Waals surface area contributed by atoms with E-state index in [-0.39, 0.29) is 10.9 Å². The summed E-state index contributed by atoms with van der Waals surface area (Å²) in [6.45, 7) is 0. The Morgan fingerprint density at radius 2 is 0.893 bits per heavy atom. The Morgan fingerprint density at radius 3 is 1.18 bits per heavy atom. The molecular formula is C14H8BrF13. The molecule has 0 aromatic heterocycles. The largest absolute Gasteiger partial charge is 0.459 e. The molecule has 0 atom stereocenters. The molecule has 0 aliphatic carbocycles. The van der Waals surface area contributed by atoms with E-state index in [2.05, 4.69) is 15.9 Å². The molecule has 0 heterocycles. The van der Waals surface area contributed by atoms with E-state index in [0.717, 1.165) is 12.1 Å². The highest BCUT2D eigenvalue weighted by Crippen LogP contribution is 2.66. The van der Waals surface area contributed by atoms with Crippen molar-refractivity contribution in [1.29, 1.82) is 0 Å². The summed E-state index contributed by atoms with van der Waals surface area (Å²) in [5.41, 5.74) is -7.61. The van der Waals surface area contributed by atoms with Gasteiger partial charge in [0.25, 0.3) is 0 Å². The molecule has 162 valence electrons. The summed E-state index contributed by atoms with van der Waals surface area (Å²) in [5.74, 6) is -15.2. The van der Waals surface area contributed by atoms with E-state index < -0.39 is 47.8 Å². The average molecular weight is 503 g/mol. The molecule has 1 rings (SSSR count). The number of hydrogen-bond donors (Lipinski definition) is 0. The van der Waals surface area contributed by atoms with Crippen molar-refractivity contribution >= 4 is 15.9 Å². The van der Waals surface area contributed by atoms with E-state index in [4.69, 9.17) is 0 Å². The van der Waals surface area contributed by atoms with E-state index >= 15 is 0 Å². The number of hydrogen-bond acceptors (Lipinski definition) is 0. The van der Waals surface area contributed by atoms with Gasteiger partial charge in [0.1, 0.15) is 0 Å². The molecule has 0 N–H and O–H groups in total. The van der Waals surface area contributed by atoms with Crippen LogP contribution in [0, 0.1) is 5.41 Å². The number of rotatable bonds is 5. The Bertz CT molecular complexity index is 652. The molecule has 14 heteroatoms. The van der Waals surface area contributed by atoms with Crippen LogP contribution in [0.4, 0.5) is 57.1 Å². The Morgan fingerprint density at radius 1 is 0.536 bits per heavy atom. The maximum Gasteiger partial charge on any atom is 0.459 e. The first-order valence-corrected chi connectivity index (χ1v) is 7.98. The highest BCUT2D eigenvalue weighted by molar-refractivity contribution is 9.08. The van der Waals surface area contributed by atoms with Crippen LogP contribution < -0.4 is 0 Å². The van der Waals surface area contributed by atoms with Crippen molar-refractivity contribution in [2.24, 2.45) is 5.41 Å². The van der Waals surface area contributed by atoms with Crippen molar-refractivity contribution < 1.29 is 57.1 Å². The molecule has 28 heavy (non-hydrogen) atoms. The summed E-state index contributed by atoms with van der Waals surface area (Å²) in [6.07, 6.45) is -24.7. The third-order valence-electron chi connectivity index (χ3n) is 3.90. The fraction of sp³-hybridized carbons (Fsp3) is 0.571. The van der Waals surface area contributed by atoms with Crippen LogP contribution in [0.5, 0.6) is 0 Å². The molecule has 0 amide bonds. The quantitative estimate of drug-likeness (QED) is 0.298. The van der Waals surface area contributed by atoms with Gasteiger partial charge in [0, 0.05) is 11.8 Å². The molecule has 1 aromatic carbocycles. The zero-order valence-electron chi connectivity index (χ0n) is 13.0. The molecule has 0 saturated heterocycles. The second-order valence-electron chi connectivity index (χ2n) is 5.67. The van der Waals surface area contributed by atoms with Crippen molar-refractivity contribution in [3.8, 4) is 0 Å². The average Bonchev–Trinajstić information content (AvgIpc) is 2.49. The van der Waals surface area contributed by atoms with Gasteiger partial charge in [-0.2, -0.15) is 57.1 Å². The van der Waals surface area contributed by atoms with Crippen molar-refractivity contribution in [3.05, 3.63) is 35.4 Å². The summed E-state index contributed by atoms with van der Waals surface area (Å²) < 4.78 is 170. The summed E-state index contributed by atoms with van der Waals surface area (Å²) in [7, 11) is 0. The topological polar surface area (TPSA) is 0 Å². The van der Waals surface area contributed by atoms with Gasteiger partial charge < -0.3 is 0 Å². The van der Waals surface area contributed by atoms with Gasteiger partial charge in [-0.05, 0) is 11.1 Å². The Kier molecular flexibility index (Phi) is 6.42. The third-order valence-corrected chi connectivity index (χ3v) is 4.55. The minimum Gasteiger partial charge on any atom is -0.198 e. The first-order chi connectivity index (χ1) is 12.3. The highest BCUT2D eigenvalue weighted by Gasteiger charge is 2.91. The van der Waals surface area contributed by atoms with E-state index in [0.29, 0.717) is 12.1 Å². The molecule has 0 radical (unpaired) electrons. The van der Waals surface area contributed by atoms with Crippen molar-refractivity contribution in [2.75, 3.05) is 0 Å². The van der Waals surface area contributed by atoms with E-state index in [1.54, 1.807) is 0 Å². The van der Waals surface area contributed by atoms with Gasteiger partial charge in [0.2, 0.25) is 5.41 Å². The maximum atomic E-state index is 13.9. The number of halogens is 14. The van der Waals surface area contributed by atoms with Gasteiger partial charge >= 0.3 is 30.4 Å². The molecule has 0 saturated carbocycles. The second kappa shape index (κ2) is 7.24. The summed E-state index contributed by atoms with van der Waals surface area (Å²) in [4.78, 5) is 0. The van der Waals surface area contributed by atoms with Gasteiger partial charge in [0.15, 0.2) is 0 Å². The molecule has 0 spiro atoms. The standard InChI is InChI=1S/C14H8BrF13/c15-6-8-3-1-7(2-4-8)5-9(12(20,21)22,13(23,24)25)10(16,17)11(18,19)14(26,27)28/h1-4H,5-6H2. The lowest BCUT2D eigenvalue weighted by Crippen LogP contribution is -2.71. The lowest BCUT2D eigenvalue weighted by Gasteiger charge is -2.45. The minimum absolute atomic E-state index is 0.0548. The van der Waals surface area contributed by atoms with Crippen LogP contribution in [0.15, 0.2) is 24.3 Å². The van der Waals surface area contributed by atoms with Crippen LogP contribution >= 0.6 is 15.9 Å². The zero-order chi connectivity index (χ0) is 22.4.